The van der Waals surface area contributed by atoms with Crippen LogP contribution in [0.3, 0.4) is 0 Å². The SMILES string of the molecule is CCn1nccc1C(NC)c1cc(Cl)ccc1Br. The van der Waals surface area contributed by atoms with Gasteiger partial charge in [-0.2, -0.15) is 5.10 Å². The summed E-state index contributed by atoms with van der Waals surface area (Å²) in [5, 5.41) is 8.36. The van der Waals surface area contributed by atoms with Gasteiger partial charge >= 0.3 is 0 Å². The van der Waals surface area contributed by atoms with E-state index in [9.17, 15) is 0 Å². The molecule has 1 aromatic carbocycles. The van der Waals surface area contributed by atoms with Crippen molar-refractivity contribution < 1.29 is 0 Å². The molecule has 0 saturated heterocycles. The summed E-state index contributed by atoms with van der Waals surface area (Å²) in [6.07, 6.45) is 1.82. The molecule has 2 rings (SSSR count). The summed E-state index contributed by atoms with van der Waals surface area (Å²) in [6.45, 7) is 2.93. The van der Waals surface area contributed by atoms with Gasteiger partial charge in [0.05, 0.1) is 11.7 Å². The first kappa shape index (κ1) is 13.6. The van der Waals surface area contributed by atoms with Crippen LogP contribution in [0.25, 0.3) is 0 Å². The van der Waals surface area contributed by atoms with Crippen molar-refractivity contribution in [1.82, 2.24) is 15.1 Å². The fourth-order valence-corrected chi connectivity index (χ4v) is 2.71. The Bertz CT molecular complexity index is 539. The van der Waals surface area contributed by atoms with Crippen LogP contribution in [0.2, 0.25) is 5.02 Å². The molecule has 0 aliphatic rings. The monoisotopic (exact) mass is 327 g/mol. The Hall–Kier alpha value is -0.840. The summed E-state index contributed by atoms with van der Waals surface area (Å²) >= 11 is 9.66. The number of nitrogens with one attached hydrogen (secondary N) is 1. The molecule has 3 nitrogen and oxygen atoms in total. The van der Waals surface area contributed by atoms with Crippen molar-refractivity contribution in [1.29, 1.82) is 0 Å². The molecule has 18 heavy (non-hydrogen) atoms. The Morgan fingerprint density at radius 2 is 2.22 bits per heavy atom. The van der Waals surface area contributed by atoms with Crippen molar-refractivity contribution in [2.24, 2.45) is 0 Å². The van der Waals surface area contributed by atoms with Gasteiger partial charge in [-0.3, -0.25) is 4.68 Å². The van der Waals surface area contributed by atoms with Gasteiger partial charge in [-0.05, 0) is 43.8 Å². The van der Waals surface area contributed by atoms with Gasteiger partial charge in [0, 0.05) is 22.2 Å². The highest BCUT2D eigenvalue weighted by Crippen LogP contribution is 2.30. The van der Waals surface area contributed by atoms with Crippen LogP contribution >= 0.6 is 27.5 Å². The fraction of sp³-hybridized carbons (Fsp3) is 0.308. The highest BCUT2D eigenvalue weighted by Gasteiger charge is 2.18. The maximum Gasteiger partial charge on any atom is 0.0757 e. The number of rotatable bonds is 4. The molecule has 1 N–H and O–H groups in total. The van der Waals surface area contributed by atoms with E-state index in [1.54, 1.807) is 0 Å². The van der Waals surface area contributed by atoms with E-state index in [1.165, 1.54) is 0 Å². The first-order valence-electron chi connectivity index (χ1n) is 5.81. The third kappa shape index (κ3) is 2.60. The Kier molecular flexibility index (Phi) is 4.43. The van der Waals surface area contributed by atoms with E-state index in [4.69, 9.17) is 11.6 Å². The van der Waals surface area contributed by atoms with Crippen molar-refractivity contribution in [2.75, 3.05) is 7.05 Å². The number of nitrogens with zero attached hydrogens (tertiary/aromatic N) is 2. The predicted octanol–water partition coefficient (Wildman–Crippen LogP) is 3.63. The Morgan fingerprint density at radius 3 is 2.89 bits per heavy atom. The van der Waals surface area contributed by atoms with Crippen LogP contribution in [-0.4, -0.2) is 16.8 Å². The van der Waals surface area contributed by atoms with Crippen LogP contribution < -0.4 is 5.32 Å². The standard InChI is InChI=1S/C13H15BrClN3/c1-3-18-12(6-7-17-18)13(16-2)10-8-9(15)4-5-11(10)14/h4-8,13,16H,3H2,1-2H3. The Balaban J connectivity index is 2.48. The maximum atomic E-state index is 6.08. The summed E-state index contributed by atoms with van der Waals surface area (Å²) in [7, 11) is 1.94. The largest absolute Gasteiger partial charge is 0.308 e. The summed E-state index contributed by atoms with van der Waals surface area (Å²) in [5.41, 5.74) is 2.24. The summed E-state index contributed by atoms with van der Waals surface area (Å²) in [4.78, 5) is 0. The lowest BCUT2D eigenvalue weighted by Gasteiger charge is -2.19. The molecule has 96 valence electrons. The number of halogens is 2. The van der Waals surface area contributed by atoms with Gasteiger partial charge in [0.25, 0.3) is 0 Å². The predicted molar refractivity (Wildman–Crippen MR) is 78.0 cm³/mol. The Labute approximate surface area is 120 Å². The first-order chi connectivity index (χ1) is 8.67. The molecular weight excluding hydrogens is 314 g/mol. The number of aryl methyl sites for hydroxylation is 1. The lowest BCUT2D eigenvalue weighted by Crippen LogP contribution is -2.21. The molecular formula is C13H15BrClN3. The normalized spacial score (nSPS) is 12.7. The molecule has 0 fully saturated rings. The minimum absolute atomic E-state index is 0.0699. The van der Waals surface area contributed by atoms with E-state index < -0.39 is 0 Å². The zero-order valence-electron chi connectivity index (χ0n) is 10.3. The van der Waals surface area contributed by atoms with E-state index in [2.05, 4.69) is 33.3 Å². The molecule has 0 aliphatic heterocycles. The third-order valence-electron chi connectivity index (χ3n) is 2.90. The average molecular weight is 329 g/mol. The van der Waals surface area contributed by atoms with Gasteiger partial charge < -0.3 is 5.32 Å². The molecule has 2 aromatic rings. The number of benzene rings is 1. The van der Waals surface area contributed by atoms with Gasteiger partial charge in [0.2, 0.25) is 0 Å². The van der Waals surface area contributed by atoms with Gasteiger partial charge in [0.15, 0.2) is 0 Å². The van der Waals surface area contributed by atoms with E-state index in [0.717, 1.165) is 27.3 Å². The van der Waals surface area contributed by atoms with Crippen LogP contribution in [0.1, 0.15) is 24.2 Å². The molecule has 0 saturated carbocycles. The zero-order chi connectivity index (χ0) is 13.1. The maximum absolute atomic E-state index is 6.08. The van der Waals surface area contributed by atoms with Crippen LogP contribution in [0.5, 0.6) is 0 Å². The highest BCUT2D eigenvalue weighted by molar-refractivity contribution is 9.10. The summed E-state index contributed by atoms with van der Waals surface area (Å²) in [5.74, 6) is 0. The molecule has 1 heterocycles. The van der Waals surface area contributed by atoms with Crippen LogP contribution in [0.4, 0.5) is 0 Å². The lowest BCUT2D eigenvalue weighted by molar-refractivity contribution is 0.562. The molecule has 1 unspecified atom stereocenters. The molecule has 5 heteroatoms. The van der Waals surface area contributed by atoms with Crippen molar-refractivity contribution in [3.05, 3.63) is 51.2 Å². The van der Waals surface area contributed by atoms with Crippen LogP contribution in [0.15, 0.2) is 34.9 Å². The zero-order valence-corrected chi connectivity index (χ0v) is 12.7. The molecule has 1 atom stereocenters. The van der Waals surface area contributed by atoms with Gasteiger partial charge in [-0.25, -0.2) is 0 Å². The van der Waals surface area contributed by atoms with E-state index in [0.29, 0.717) is 0 Å². The van der Waals surface area contributed by atoms with Crippen LogP contribution in [-0.2, 0) is 6.54 Å². The molecule has 0 aliphatic carbocycles. The van der Waals surface area contributed by atoms with Gasteiger partial charge in [-0.15, -0.1) is 0 Å². The number of hydrogen-bond acceptors (Lipinski definition) is 2. The average Bonchev–Trinajstić information content (AvgIpc) is 2.83. The van der Waals surface area contributed by atoms with Gasteiger partial charge in [-0.1, -0.05) is 27.5 Å². The number of aromatic nitrogens is 2. The fourth-order valence-electron chi connectivity index (χ4n) is 2.05. The second kappa shape index (κ2) is 5.87. The van der Waals surface area contributed by atoms with Crippen LogP contribution in [0, 0.1) is 0 Å². The lowest BCUT2D eigenvalue weighted by atomic mass is 10.0. The smallest absolute Gasteiger partial charge is 0.0757 e. The molecule has 0 bridgehead atoms. The third-order valence-corrected chi connectivity index (χ3v) is 3.86. The minimum atomic E-state index is 0.0699. The van der Waals surface area contributed by atoms with E-state index in [-0.39, 0.29) is 6.04 Å². The molecule has 1 aromatic heterocycles. The second-order valence-electron chi connectivity index (χ2n) is 3.96. The molecule has 0 radical (unpaired) electrons. The van der Waals surface area contributed by atoms with Crippen molar-refractivity contribution >= 4 is 27.5 Å². The van der Waals surface area contributed by atoms with Gasteiger partial charge in [0.1, 0.15) is 0 Å². The van der Waals surface area contributed by atoms with Crippen molar-refractivity contribution in [3.63, 3.8) is 0 Å². The summed E-state index contributed by atoms with van der Waals surface area (Å²) in [6, 6.07) is 7.91. The first-order valence-corrected chi connectivity index (χ1v) is 6.98. The second-order valence-corrected chi connectivity index (χ2v) is 5.25. The minimum Gasteiger partial charge on any atom is -0.308 e. The number of hydrogen-bond donors (Lipinski definition) is 1. The Morgan fingerprint density at radius 1 is 1.44 bits per heavy atom. The van der Waals surface area contributed by atoms with E-state index >= 15 is 0 Å². The van der Waals surface area contributed by atoms with Crippen molar-refractivity contribution in [2.45, 2.75) is 19.5 Å². The summed E-state index contributed by atoms with van der Waals surface area (Å²) < 4.78 is 3.02. The topological polar surface area (TPSA) is 29.9 Å². The molecule has 0 spiro atoms. The van der Waals surface area contributed by atoms with Crippen molar-refractivity contribution in [3.8, 4) is 0 Å². The quantitative estimate of drug-likeness (QED) is 0.929. The van der Waals surface area contributed by atoms with E-state index in [1.807, 2.05) is 42.2 Å². The molecule has 0 amide bonds. The highest BCUT2D eigenvalue weighted by atomic mass is 79.9.